The highest BCUT2D eigenvalue weighted by Crippen LogP contribution is 2.22. The van der Waals surface area contributed by atoms with Crippen LogP contribution in [0.25, 0.3) is 0 Å². The van der Waals surface area contributed by atoms with Crippen molar-refractivity contribution in [2.24, 2.45) is 0 Å². The van der Waals surface area contributed by atoms with Crippen molar-refractivity contribution in [3.63, 3.8) is 0 Å². The molecular formula is C11H9ClFN3. The molecule has 1 aromatic carbocycles. The lowest BCUT2D eigenvalue weighted by atomic mass is 10.3. The van der Waals surface area contributed by atoms with Crippen LogP contribution in [0, 0.1) is 5.82 Å². The van der Waals surface area contributed by atoms with Crippen molar-refractivity contribution in [1.82, 2.24) is 4.98 Å². The number of nitrogens with one attached hydrogen (secondary N) is 1. The molecule has 0 aliphatic carbocycles. The highest BCUT2D eigenvalue weighted by atomic mass is 35.5. The smallest absolute Gasteiger partial charge is 0.126 e. The number of anilines is 3. The van der Waals surface area contributed by atoms with Gasteiger partial charge in [-0.3, -0.25) is 0 Å². The van der Waals surface area contributed by atoms with Crippen molar-refractivity contribution < 1.29 is 4.39 Å². The monoisotopic (exact) mass is 237 g/mol. The summed E-state index contributed by atoms with van der Waals surface area (Å²) in [5.41, 5.74) is 6.82. The quantitative estimate of drug-likeness (QED) is 0.843. The van der Waals surface area contributed by atoms with Gasteiger partial charge in [0.05, 0.1) is 0 Å². The fraction of sp³-hybridized carbons (Fsp3) is 0. The van der Waals surface area contributed by atoms with Gasteiger partial charge in [-0.05, 0) is 24.3 Å². The van der Waals surface area contributed by atoms with Crippen molar-refractivity contribution in [3.8, 4) is 0 Å². The molecule has 0 unspecified atom stereocenters. The topological polar surface area (TPSA) is 50.9 Å². The Kier molecular flexibility index (Phi) is 2.92. The van der Waals surface area contributed by atoms with Crippen LogP contribution in [0.5, 0.6) is 0 Å². The second-order valence-corrected chi connectivity index (χ2v) is 3.69. The molecule has 0 radical (unpaired) electrons. The number of hydrogen-bond donors (Lipinski definition) is 2. The Morgan fingerprint density at radius 3 is 2.69 bits per heavy atom. The minimum atomic E-state index is -0.392. The van der Waals surface area contributed by atoms with E-state index in [1.807, 2.05) is 0 Å². The summed E-state index contributed by atoms with van der Waals surface area (Å²) in [4.78, 5) is 3.85. The minimum absolute atomic E-state index is 0.338. The van der Waals surface area contributed by atoms with Gasteiger partial charge in [0.25, 0.3) is 0 Å². The third-order valence-electron chi connectivity index (χ3n) is 1.93. The number of pyridine rings is 1. The van der Waals surface area contributed by atoms with Crippen LogP contribution in [-0.2, 0) is 0 Å². The Morgan fingerprint density at radius 2 is 2.00 bits per heavy atom. The van der Waals surface area contributed by atoms with Crippen LogP contribution in [0.4, 0.5) is 21.6 Å². The summed E-state index contributed by atoms with van der Waals surface area (Å²) in [6, 6.07) is 7.60. The van der Waals surface area contributed by atoms with E-state index in [2.05, 4.69) is 10.3 Å². The summed E-state index contributed by atoms with van der Waals surface area (Å²) in [5, 5.41) is 3.32. The zero-order valence-corrected chi connectivity index (χ0v) is 9.00. The van der Waals surface area contributed by atoms with Gasteiger partial charge in [-0.15, -0.1) is 0 Å². The van der Waals surface area contributed by atoms with Crippen molar-refractivity contribution in [3.05, 3.63) is 47.4 Å². The van der Waals surface area contributed by atoms with Gasteiger partial charge in [0.2, 0.25) is 0 Å². The second kappa shape index (κ2) is 4.37. The zero-order valence-electron chi connectivity index (χ0n) is 8.24. The maximum absolute atomic E-state index is 13.0. The van der Waals surface area contributed by atoms with Crippen molar-refractivity contribution in [1.29, 1.82) is 0 Å². The summed E-state index contributed by atoms with van der Waals surface area (Å²) < 4.78 is 13.0. The molecule has 5 heteroatoms. The maximum atomic E-state index is 13.0. The Morgan fingerprint density at radius 1 is 1.19 bits per heavy atom. The van der Waals surface area contributed by atoms with Crippen LogP contribution in [0.1, 0.15) is 0 Å². The first kappa shape index (κ1) is 10.7. The van der Waals surface area contributed by atoms with Gasteiger partial charge in [0, 0.05) is 28.7 Å². The van der Waals surface area contributed by atoms with Crippen LogP contribution in [0.3, 0.4) is 0 Å². The molecule has 2 rings (SSSR count). The number of halogens is 2. The van der Waals surface area contributed by atoms with Crippen LogP contribution in [0.2, 0.25) is 5.02 Å². The Balaban J connectivity index is 2.27. The Hall–Kier alpha value is -1.81. The molecule has 0 bridgehead atoms. The Bertz CT molecular complexity index is 496. The molecular weight excluding hydrogens is 229 g/mol. The molecule has 0 saturated carbocycles. The van der Waals surface area contributed by atoms with Crippen molar-refractivity contribution in [2.75, 3.05) is 11.1 Å². The summed E-state index contributed by atoms with van der Waals surface area (Å²) >= 11 is 5.73. The third kappa shape index (κ3) is 2.61. The van der Waals surface area contributed by atoms with Gasteiger partial charge in [-0.1, -0.05) is 11.6 Å². The number of hydrogen-bond acceptors (Lipinski definition) is 3. The summed E-state index contributed by atoms with van der Waals surface area (Å²) in [6.07, 6.45) is 1.57. The molecule has 1 heterocycles. The van der Waals surface area contributed by atoms with E-state index in [9.17, 15) is 4.39 Å². The third-order valence-corrected chi connectivity index (χ3v) is 2.15. The normalized spacial score (nSPS) is 10.1. The Labute approximate surface area is 97.1 Å². The first-order valence-electron chi connectivity index (χ1n) is 4.58. The van der Waals surface area contributed by atoms with Crippen LogP contribution >= 0.6 is 11.6 Å². The fourth-order valence-corrected chi connectivity index (χ4v) is 1.54. The van der Waals surface area contributed by atoms with Crippen LogP contribution < -0.4 is 11.1 Å². The molecule has 0 amide bonds. The highest BCUT2D eigenvalue weighted by Gasteiger charge is 2.00. The number of aromatic nitrogens is 1. The largest absolute Gasteiger partial charge is 0.384 e. The van der Waals surface area contributed by atoms with Crippen molar-refractivity contribution >= 4 is 28.8 Å². The molecule has 3 N–H and O–H groups in total. The lowest BCUT2D eigenvalue weighted by molar-refractivity contribution is 0.628. The molecule has 0 atom stereocenters. The average molecular weight is 238 g/mol. The van der Waals surface area contributed by atoms with Crippen LogP contribution in [-0.4, -0.2) is 4.98 Å². The van der Waals surface area contributed by atoms with E-state index in [4.69, 9.17) is 17.3 Å². The summed E-state index contributed by atoms with van der Waals surface area (Å²) in [5.74, 6) is 0.00419. The van der Waals surface area contributed by atoms with E-state index >= 15 is 0 Å². The van der Waals surface area contributed by atoms with Gasteiger partial charge in [0.1, 0.15) is 11.6 Å². The van der Waals surface area contributed by atoms with Gasteiger partial charge >= 0.3 is 0 Å². The van der Waals surface area contributed by atoms with E-state index in [0.29, 0.717) is 16.5 Å². The molecule has 2 aromatic rings. The lowest BCUT2D eigenvalue weighted by Gasteiger charge is -2.07. The molecule has 3 nitrogen and oxygen atoms in total. The average Bonchev–Trinajstić information content (AvgIpc) is 2.15. The van der Waals surface area contributed by atoms with Gasteiger partial charge in [0.15, 0.2) is 0 Å². The van der Waals surface area contributed by atoms with Gasteiger partial charge < -0.3 is 11.1 Å². The van der Waals surface area contributed by atoms with Crippen LogP contribution in [0.15, 0.2) is 36.5 Å². The maximum Gasteiger partial charge on any atom is 0.126 e. The van der Waals surface area contributed by atoms with E-state index in [1.54, 1.807) is 24.4 Å². The standard InChI is InChI=1S/C11H9ClFN3/c12-7-3-8(13)5-10(4-7)16-9-1-2-15-11(14)6-9/h1-6H,(H3,14,15,16). The predicted molar refractivity (Wildman–Crippen MR) is 63.3 cm³/mol. The molecule has 0 spiro atoms. The number of nitrogens with two attached hydrogens (primary N) is 1. The SMILES string of the molecule is Nc1cc(Nc2cc(F)cc(Cl)c2)ccn1. The van der Waals surface area contributed by atoms with E-state index in [0.717, 1.165) is 5.69 Å². The lowest BCUT2D eigenvalue weighted by Crippen LogP contribution is -1.94. The van der Waals surface area contributed by atoms with Crippen molar-refractivity contribution in [2.45, 2.75) is 0 Å². The summed E-state index contributed by atoms with van der Waals surface area (Å²) in [6.45, 7) is 0. The first-order chi connectivity index (χ1) is 7.63. The molecule has 0 aliphatic rings. The fourth-order valence-electron chi connectivity index (χ4n) is 1.32. The number of rotatable bonds is 2. The summed E-state index contributed by atoms with van der Waals surface area (Å²) in [7, 11) is 0. The highest BCUT2D eigenvalue weighted by molar-refractivity contribution is 6.30. The first-order valence-corrected chi connectivity index (χ1v) is 4.96. The molecule has 16 heavy (non-hydrogen) atoms. The van der Waals surface area contributed by atoms with E-state index < -0.39 is 5.82 Å². The molecule has 1 aromatic heterocycles. The zero-order chi connectivity index (χ0) is 11.5. The second-order valence-electron chi connectivity index (χ2n) is 3.25. The van der Waals surface area contributed by atoms with Gasteiger partial charge in [-0.2, -0.15) is 0 Å². The molecule has 0 aliphatic heterocycles. The molecule has 0 saturated heterocycles. The number of benzene rings is 1. The predicted octanol–water partition coefficient (Wildman–Crippen LogP) is 3.20. The number of nitrogens with zero attached hydrogens (tertiary/aromatic N) is 1. The minimum Gasteiger partial charge on any atom is -0.384 e. The van der Waals surface area contributed by atoms with Gasteiger partial charge in [-0.25, -0.2) is 9.37 Å². The molecule has 0 fully saturated rings. The number of nitrogen functional groups attached to an aromatic ring is 1. The van der Waals surface area contributed by atoms with E-state index in [-0.39, 0.29) is 0 Å². The molecule has 82 valence electrons. The van der Waals surface area contributed by atoms with E-state index in [1.165, 1.54) is 12.1 Å².